The second kappa shape index (κ2) is 6.50. The van der Waals surface area contributed by atoms with Crippen molar-refractivity contribution in [1.29, 1.82) is 0 Å². The van der Waals surface area contributed by atoms with Crippen LogP contribution >= 0.6 is 0 Å². The van der Waals surface area contributed by atoms with Gasteiger partial charge in [0.25, 0.3) is 0 Å². The number of nitrogens with one attached hydrogen (secondary N) is 1. The summed E-state index contributed by atoms with van der Waals surface area (Å²) in [6.45, 7) is 12.4. The molecule has 2 unspecified atom stereocenters. The second-order valence-corrected chi connectivity index (χ2v) is 5.73. The van der Waals surface area contributed by atoms with Crippen molar-refractivity contribution in [3.05, 3.63) is 0 Å². The third kappa shape index (κ3) is 3.29. The van der Waals surface area contributed by atoms with Crippen LogP contribution in [0, 0.1) is 11.3 Å². The van der Waals surface area contributed by atoms with E-state index in [1.165, 1.54) is 0 Å². The van der Waals surface area contributed by atoms with Crippen LogP contribution in [0.25, 0.3) is 0 Å². The smallest absolute Gasteiger partial charge is 0.159 e. The number of Topliss-reactive ketones (excluding diaryl/α,β-unsaturated/α-hetero) is 1. The Labute approximate surface area is 107 Å². The molecule has 17 heavy (non-hydrogen) atoms. The van der Waals surface area contributed by atoms with Crippen LogP contribution in [0.3, 0.4) is 0 Å². The minimum absolute atomic E-state index is 0.249. The number of carbonyl (C=O) groups is 1. The minimum atomic E-state index is -0.574. The highest BCUT2D eigenvalue weighted by Gasteiger charge is 2.46. The van der Waals surface area contributed by atoms with E-state index >= 15 is 0 Å². The summed E-state index contributed by atoms with van der Waals surface area (Å²) in [7, 11) is 0. The lowest BCUT2D eigenvalue weighted by Crippen LogP contribution is -2.62. The van der Waals surface area contributed by atoms with Gasteiger partial charge in [-0.1, -0.05) is 48.0 Å². The van der Waals surface area contributed by atoms with Crippen molar-refractivity contribution in [3.63, 3.8) is 0 Å². The number of hydrazine groups is 1. The molecule has 102 valence electrons. The van der Waals surface area contributed by atoms with E-state index < -0.39 is 5.54 Å². The summed E-state index contributed by atoms with van der Waals surface area (Å²) in [5.41, 5.74) is 1.95. The van der Waals surface area contributed by atoms with Crippen LogP contribution in [0.1, 0.15) is 67.2 Å². The maximum Gasteiger partial charge on any atom is 0.159 e. The first kappa shape index (κ1) is 16.6. The Bertz CT molecular complexity index is 245. The molecule has 0 aromatic heterocycles. The van der Waals surface area contributed by atoms with Crippen molar-refractivity contribution in [2.45, 2.75) is 72.8 Å². The molecular formula is C14H30N2O. The van der Waals surface area contributed by atoms with Crippen LogP contribution in [-0.4, -0.2) is 11.3 Å². The Kier molecular flexibility index (Phi) is 6.35. The lowest BCUT2D eigenvalue weighted by molar-refractivity contribution is -0.137. The summed E-state index contributed by atoms with van der Waals surface area (Å²) in [6.07, 6.45) is 3.68. The van der Waals surface area contributed by atoms with Crippen LogP contribution in [-0.2, 0) is 4.79 Å². The first-order valence-corrected chi connectivity index (χ1v) is 6.85. The molecule has 0 bridgehead atoms. The highest BCUT2D eigenvalue weighted by molar-refractivity contribution is 5.93. The fourth-order valence-corrected chi connectivity index (χ4v) is 2.49. The molecular weight excluding hydrogens is 212 g/mol. The Morgan fingerprint density at radius 1 is 1.24 bits per heavy atom. The van der Waals surface area contributed by atoms with Crippen LogP contribution in [0.15, 0.2) is 0 Å². The number of rotatable bonds is 8. The minimum Gasteiger partial charge on any atom is -0.297 e. The number of hydrogen-bond acceptors (Lipinski definition) is 3. The molecule has 0 aliphatic heterocycles. The monoisotopic (exact) mass is 242 g/mol. The van der Waals surface area contributed by atoms with E-state index in [0.29, 0.717) is 0 Å². The topological polar surface area (TPSA) is 55.1 Å². The van der Waals surface area contributed by atoms with Crippen molar-refractivity contribution in [3.8, 4) is 0 Å². The lowest BCUT2D eigenvalue weighted by atomic mass is 9.68. The van der Waals surface area contributed by atoms with Crippen LogP contribution in [0.5, 0.6) is 0 Å². The summed E-state index contributed by atoms with van der Waals surface area (Å²) in [5, 5.41) is 0. The molecule has 0 heterocycles. The van der Waals surface area contributed by atoms with Gasteiger partial charge in [-0.15, -0.1) is 0 Å². The second-order valence-electron chi connectivity index (χ2n) is 5.73. The molecule has 0 saturated carbocycles. The Morgan fingerprint density at radius 2 is 1.76 bits per heavy atom. The van der Waals surface area contributed by atoms with Gasteiger partial charge in [-0.05, 0) is 25.2 Å². The summed E-state index contributed by atoms with van der Waals surface area (Å²) in [4.78, 5) is 12.8. The zero-order chi connectivity index (χ0) is 13.7. The van der Waals surface area contributed by atoms with Gasteiger partial charge < -0.3 is 0 Å². The van der Waals surface area contributed by atoms with E-state index in [2.05, 4.69) is 26.2 Å². The van der Waals surface area contributed by atoms with E-state index in [-0.39, 0.29) is 17.1 Å². The van der Waals surface area contributed by atoms with Crippen LogP contribution in [0.4, 0.5) is 0 Å². The third-order valence-corrected chi connectivity index (χ3v) is 4.28. The zero-order valence-corrected chi connectivity index (χ0v) is 12.4. The predicted octanol–water partition coefficient (Wildman–Crippen LogP) is 3.04. The molecule has 0 rings (SSSR count). The van der Waals surface area contributed by atoms with Gasteiger partial charge in [-0.3, -0.25) is 10.6 Å². The van der Waals surface area contributed by atoms with Crippen molar-refractivity contribution in [2.75, 3.05) is 0 Å². The molecule has 0 aromatic rings. The predicted molar refractivity (Wildman–Crippen MR) is 73.5 cm³/mol. The molecule has 0 spiro atoms. The summed E-state index contributed by atoms with van der Waals surface area (Å²) in [6, 6.07) is 0. The quantitative estimate of drug-likeness (QED) is 0.508. The summed E-state index contributed by atoms with van der Waals surface area (Å²) in [5.74, 6) is 6.24. The molecule has 3 heteroatoms. The fraction of sp³-hybridized carbons (Fsp3) is 0.929. The number of hydrogen-bond donors (Lipinski definition) is 2. The number of ketones is 1. The molecule has 0 amide bonds. The van der Waals surface area contributed by atoms with Crippen molar-refractivity contribution in [2.24, 2.45) is 17.2 Å². The average Bonchev–Trinajstić information content (AvgIpc) is 2.31. The normalized spacial score (nSPS) is 17.6. The van der Waals surface area contributed by atoms with E-state index in [4.69, 9.17) is 5.84 Å². The first-order valence-electron chi connectivity index (χ1n) is 6.85. The molecule has 2 atom stereocenters. The van der Waals surface area contributed by atoms with Gasteiger partial charge in [-0.2, -0.15) is 0 Å². The third-order valence-electron chi connectivity index (χ3n) is 4.28. The van der Waals surface area contributed by atoms with Crippen LogP contribution in [0.2, 0.25) is 0 Å². The van der Waals surface area contributed by atoms with Gasteiger partial charge >= 0.3 is 0 Å². The number of nitrogens with two attached hydrogens (primary N) is 1. The molecule has 0 aromatic carbocycles. The Morgan fingerprint density at radius 3 is 2.06 bits per heavy atom. The maximum absolute atomic E-state index is 12.8. The average molecular weight is 242 g/mol. The van der Waals surface area contributed by atoms with Crippen molar-refractivity contribution < 1.29 is 4.79 Å². The maximum atomic E-state index is 12.8. The molecule has 3 N–H and O–H groups in total. The molecule has 0 aliphatic carbocycles. The zero-order valence-electron chi connectivity index (χ0n) is 12.4. The Hall–Kier alpha value is -0.410. The molecule has 0 aliphatic rings. The Balaban J connectivity index is 5.26. The fourth-order valence-electron chi connectivity index (χ4n) is 2.49. The standard InChI is InChI=1S/C14H30N2O/c1-7-10-11(4)14(9-3,16-15)12(17)13(5,6)8-2/h11,16H,7-10,15H2,1-6H3. The van der Waals surface area contributed by atoms with Crippen molar-refractivity contribution >= 4 is 5.78 Å². The highest BCUT2D eigenvalue weighted by Crippen LogP contribution is 2.35. The van der Waals surface area contributed by atoms with Gasteiger partial charge in [0.15, 0.2) is 5.78 Å². The van der Waals surface area contributed by atoms with E-state index in [0.717, 1.165) is 25.7 Å². The van der Waals surface area contributed by atoms with Gasteiger partial charge in [-0.25, -0.2) is 5.43 Å². The van der Waals surface area contributed by atoms with Gasteiger partial charge in [0.1, 0.15) is 0 Å². The van der Waals surface area contributed by atoms with E-state index in [9.17, 15) is 4.79 Å². The summed E-state index contributed by atoms with van der Waals surface area (Å²) >= 11 is 0. The number of carbonyl (C=O) groups excluding carboxylic acids is 1. The van der Waals surface area contributed by atoms with Gasteiger partial charge in [0.05, 0.1) is 5.54 Å². The van der Waals surface area contributed by atoms with E-state index in [1.54, 1.807) is 0 Å². The SMILES string of the molecule is CCCC(C)C(CC)(NN)C(=O)C(C)(C)CC. The van der Waals surface area contributed by atoms with Gasteiger partial charge in [0.2, 0.25) is 0 Å². The van der Waals surface area contributed by atoms with Gasteiger partial charge in [0, 0.05) is 5.41 Å². The summed E-state index contributed by atoms with van der Waals surface area (Å²) < 4.78 is 0. The van der Waals surface area contributed by atoms with E-state index in [1.807, 2.05) is 20.8 Å². The van der Waals surface area contributed by atoms with Crippen molar-refractivity contribution in [1.82, 2.24) is 5.43 Å². The highest BCUT2D eigenvalue weighted by atomic mass is 16.1. The largest absolute Gasteiger partial charge is 0.297 e. The molecule has 0 radical (unpaired) electrons. The van der Waals surface area contributed by atoms with Crippen LogP contribution < -0.4 is 11.3 Å². The molecule has 0 fully saturated rings. The first-order chi connectivity index (χ1) is 7.82. The lowest BCUT2D eigenvalue weighted by Gasteiger charge is -2.41. The molecule has 3 nitrogen and oxygen atoms in total. The molecule has 0 saturated heterocycles.